The topological polar surface area (TPSA) is 78.9 Å². The van der Waals surface area contributed by atoms with Gasteiger partial charge in [-0.3, -0.25) is 0 Å². The molecule has 0 spiro atoms. The van der Waals surface area contributed by atoms with Gasteiger partial charge in [-0.15, -0.1) is 0 Å². The summed E-state index contributed by atoms with van der Waals surface area (Å²) in [4.78, 5) is 24.9. The molecule has 2 atom stereocenters. The number of carboxylic acid groups (broad SMARTS) is 1. The van der Waals surface area contributed by atoms with E-state index in [9.17, 15) is 14.7 Å². The molecule has 114 valence electrons. The monoisotopic (exact) mass is 284 g/mol. The second kappa shape index (κ2) is 7.89. The second-order valence-electron chi connectivity index (χ2n) is 5.14. The third kappa shape index (κ3) is 4.52. The molecule has 1 aliphatic rings. The zero-order valence-corrected chi connectivity index (χ0v) is 12.4. The van der Waals surface area contributed by atoms with E-state index in [0.717, 1.165) is 6.42 Å². The van der Waals surface area contributed by atoms with Crippen LogP contribution in [0.2, 0.25) is 0 Å². The molecule has 0 saturated carbocycles. The number of nitrogens with zero attached hydrogens (tertiary/aromatic N) is 1. The molecule has 2 N–H and O–H groups in total. The number of hydrogen-bond donors (Lipinski definition) is 2. The first-order valence-electron chi connectivity index (χ1n) is 6.94. The third-order valence-electron chi connectivity index (χ3n) is 3.68. The summed E-state index contributed by atoms with van der Waals surface area (Å²) in [7, 11) is 1.64. The smallest absolute Gasteiger partial charge is 0.326 e. The van der Waals surface area contributed by atoms with E-state index in [2.05, 4.69) is 5.32 Å². The van der Waals surface area contributed by atoms with Crippen LogP contribution < -0.4 is 5.32 Å². The number of ether oxygens (including phenoxy) is 1. The summed E-state index contributed by atoms with van der Waals surface area (Å²) in [5.74, 6) is -1.08. The highest BCUT2D eigenvalue weighted by molar-refractivity contribution is 5.83. The minimum atomic E-state index is -0.986. The SMILES string of the molecule is CC[C@H](C)[C@H](NC(=O)N1CC=C(COC)CC1)C(=O)O. The van der Waals surface area contributed by atoms with Crippen molar-refractivity contribution < 1.29 is 19.4 Å². The molecule has 0 aromatic rings. The zero-order valence-electron chi connectivity index (χ0n) is 12.4. The number of urea groups is 1. The Kier molecular flexibility index (Phi) is 6.51. The zero-order chi connectivity index (χ0) is 15.1. The van der Waals surface area contributed by atoms with Crippen LogP contribution in [0.1, 0.15) is 26.7 Å². The van der Waals surface area contributed by atoms with Crippen molar-refractivity contribution in [1.29, 1.82) is 0 Å². The number of carbonyl (C=O) groups is 2. The minimum Gasteiger partial charge on any atom is -0.480 e. The van der Waals surface area contributed by atoms with Gasteiger partial charge < -0.3 is 20.1 Å². The number of carbonyl (C=O) groups excluding carboxylic acids is 1. The van der Waals surface area contributed by atoms with Crippen LogP contribution in [0, 0.1) is 5.92 Å². The van der Waals surface area contributed by atoms with Gasteiger partial charge in [-0.05, 0) is 17.9 Å². The van der Waals surface area contributed by atoms with Gasteiger partial charge in [-0.25, -0.2) is 9.59 Å². The molecular formula is C14H24N2O4. The van der Waals surface area contributed by atoms with E-state index in [1.807, 2.05) is 19.9 Å². The van der Waals surface area contributed by atoms with Crippen LogP contribution in [-0.4, -0.2) is 54.9 Å². The predicted molar refractivity (Wildman–Crippen MR) is 75.6 cm³/mol. The summed E-state index contributed by atoms with van der Waals surface area (Å²) < 4.78 is 5.05. The van der Waals surface area contributed by atoms with E-state index < -0.39 is 12.0 Å². The molecule has 0 aromatic heterocycles. The number of carboxylic acids is 1. The van der Waals surface area contributed by atoms with Crippen LogP contribution in [0.3, 0.4) is 0 Å². The number of nitrogens with one attached hydrogen (secondary N) is 1. The molecule has 6 heteroatoms. The fourth-order valence-electron chi connectivity index (χ4n) is 2.12. The Balaban J connectivity index is 2.56. The fourth-order valence-corrected chi connectivity index (χ4v) is 2.12. The molecule has 1 heterocycles. The largest absolute Gasteiger partial charge is 0.480 e. The number of aliphatic carboxylic acids is 1. The molecule has 0 bridgehead atoms. The van der Waals surface area contributed by atoms with Gasteiger partial charge in [-0.1, -0.05) is 26.3 Å². The predicted octanol–water partition coefficient (Wildman–Crippen LogP) is 1.47. The summed E-state index contributed by atoms with van der Waals surface area (Å²) in [5, 5.41) is 11.8. The Morgan fingerprint density at radius 2 is 2.25 bits per heavy atom. The van der Waals surface area contributed by atoms with Crippen molar-refractivity contribution >= 4 is 12.0 Å². The summed E-state index contributed by atoms with van der Waals surface area (Å²) in [6.07, 6.45) is 3.43. The van der Waals surface area contributed by atoms with Gasteiger partial charge in [-0.2, -0.15) is 0 Å². The van der Waals surface area contributed by atoms with Crippen molar-refractivity contribution in [2.45, 2.75) is 32.7 Å². The lowest BCUT2D eigenvalue weighted by molar-refractivity contribution is -0.140. The Hall–Kier alpha value is -1.56. The van der Waals surface area contributed by atoms with E-state index in [1.54, 1.807) is 12.0 Å². The lowest BCUT2D eigenvalue weighted by atomic mass is 9.99. The molecule has 0 radical (unpaired) electrons. The number of amides is 2. The van der Waals surface area contributed by atoms with Crippen LogP contribution in [0.5, 0.6) is 0 Å². The van der Waals surface area contributed by atoms with Crippen LogP contribution in [0.25, 0.3) is 0 Å². The standard InChI is InChI=1S/C14H24N2O4/c1-4-10(2)12(13(17)18)15-14(19)16-7-5-11(6-8-16)9-20-3/h5,10,12H,4,6-9H2,1-3H3,(H,15,19)(H,17,18)/t10-,12-/m0/s1. The molecule has 0 fully saturated rings. The molecule has 0 aromatic carbocycles. The van der Waals surface area contributed by atoms with E-state index in [1.165, 1.54) is 5.57 Å². The quantitative estimate of drug-likeness (QED) is 0.724. The van der Waals surface area contributed by atoms with Gasteiger partial charge in [0.15, 0.2) is 0 Å². The van der Waals surface area contributed by atoms with E-state index in [0.29, 0.717) is 26.1 Å². The Morgan fingerprint density at radius 3 is 2.70 bits per heavy atom. The summed E-state index contributed by atoms with van der Waals surface area (Å²) >= 11 is 0. The van der Waals surface area contributed by atoms with Crippen molar-refractivity contribution in [3.8, 4) is 0 Å². The Morgan fingerprint density at radius 1 is 1.55 bits per heavy atom. The molecular weight excluding hydrogens is 260 g/mol. The lowest BCUT2D eigenvalue weighted by Crippen LogP contribution is -2.51. The van der Waals surface area contributed by atoms with E-state index >= 15 is 0 Å². The average molecular weight is 284 g/mol. The Labute approximate surface area is 119 Å². The molecule has 1 aliphatic heterocycles. The molecule has 1 rings (SSSR count). The number of rotatable bonds is 6. The van der Waals surface area contributed by atoms with Crippen LogP contribution in [-0.2, 0) is 9.53 Å². The maximum absolute atomic E-state index is 12.1. The summed E-state index contributed by atoms with van der Waals surface area (Å²) in [6.45, 7) is 5.41. The van der Waals surface area contributed by atoms with Crippen LogP contribution in [0.15, 0.2) is 11.6 Å². The van der Waals surface area contributed by atoms with Gasteiger partial charge in [0.05, 0.1) is 6.61 Å². The van der Waals surface area contributed by atoms with Crippen molar-refractivity contribution in [2.75, 3.05) is 26.8 Å². The highest BCUT2D eigenvalue weighted by Crippen LogP contribution is 2.13. The third-order valence-corrected chi connectivity index (χ3v) is 3.68. The van der Waals surface area contributed by atoms with Gasteiger partial charge in [0, 0.05) is 20.2 Å². The number of methoxy groups -OCH3 is 1. The minimum absolute atomic E-state index is 0.0964. The van der Waals surface area contributed by atoms with Gasteiger partial charge >= 0.3 is 12.0 Å². The van der Waals surface area contributed by atoms with E-state index in [4.69, 9.17) is 4.74 Å². The molecule has 0 unspecified atom stereocenters. The van der Waals surface area contributed by atoms with Crippen molar-refractivity contribution in [1.82, 2.24) is 10.2 Å². The van der Waals surface area contributed by atoms with Gasteiger partial charge in [0.1, 0.15) is 6.04 Å². The highest BCUT2D eigenvalue weighted by atomic mass is 16.5. The molecule has 6 nitrogen and oxygen atoms in total. The lowest BCUT2D eigenvalue weighted by Gasteiger charge is -2.29. The summed E-state index contributed by atoms with van der Waals surface area (Å²) in [6, 6.07) is -1.15. The highest BCUT2D eigenvalue weighted by Gasteiger charge is 2.27. The first-order chi connectivity index (χ1) is 9.49. The molecule has 0 saturated heterocycles. The van der Waals surface area contributed by atoms with Crippen LogP contribution in [0.4, 0.5) is 4.79 Å². The number of hydrogen-bond acceptors (Lipinski definition) is 3. The Bertz CT molecular complexity index is 381. The first-order valence-corrected chi connectivity index (χ1v) is 6.94. The van der Waals surface area contributed by atoms with Crippen molar-refractivity contribution in [2.24, 2.45) is 5.92 Å². The first kappa shape index (κ1) is 16.5. The van der Waals surface area contributed by atoms with E-state index in [-0.39, 0.29) is 11.9 Å². The maximum atomic E-state index is 12.1. The molecule has 0 aliphatic carbocycles. The van der Waals surface area contributed by atoms with Crippen LogP contribution >= 0.6 is 0 Å². The molecule has 20 heavy (non-hydrogen) atoms. The van der Waals surface area contributed by atoms with Crippen molar-refractivity contribution in [3.05, 3.63) is 11.6 Å². The fraction of sp³-hybridized carbons (Fsp3) is 0.714. The molecule has 2 amide bonds. The second-order valence-corrected chi connectivity index (χ2v) is 5.14. The van der Waals surface area contributed by atoms with Gasteiger partial charge in [0.25, 0.3) is 0 Å². The normalized spacial score (nSPS) is 18.1. The summed E-state index contributed by atoms with van der Waals surface area (Å²) in [5.41, 5.74) is 1.17. The average Bonchev–Trinajstić information content (AvgIpc) is 2.44. The van der Waals surface area contributed by atoms with Gasteiger partial charge in [0.2, 0.25) is 0 Å². The van der Waals surface area contributed by atoms with Crippen molar-refractivity contribution in [3.63, 3.8) is 0 Å². The maximum Gasteiger partial charge on any atom is 0.326 e.